The molecule has 0 aromatic heterocycles. The maximum atomic E-state index is 12.1. The minimum absolute atomic E-state index is 0.845. The van der Waals surface area contributed by atoms with E-state index >= 15 is 0 Å². The molecule has 0 unspecified atom stereocenters. The average molecular weight is 324 g/mol. The monoisotopic (exact) mass is 324 g/mol. The van der Waals surface area contributed by atoms with E-state index in [1.807, 2.05) is 0 Å². The Labute approximate surface area is 123 Å². The smallest absolute Gasteiger partial charge is 0.359 e. The van der Waals surface area contributed by atoms with Crippen LogP contribution in [0.1, 0.15) is 0 Å². The van der Waals surface area contributed by atoms with Crippen LogP contribution >= 0.6 is 0 Å². The van der Waals surface area contributed by atoms with Crippen molar-refractivity contribution in [3.63, 3.8) is 0 Å². The second-order valence-corrected chi connectivity index (χ2v) is 4.77. The summed E-state index contributed by atoms with van der Waals surface area (Å²) in [5.74, 6) is -6.40. The number of carboxylic acid groups (broad SMARTS) is 4. The highest BCUT2D eigenvalue weighted by Gasteiger charge is 2.31. The minimum Gasteiger partial charge on any atom is -0.632 e. The van der Waals surface area contributed by atoms with Crippen molar-refractivity contribution in [3.05, 3.63) is 10.4 Å². The van der Waals surface area contributed by atoms with Gasteiger partial charge in [0.1, 0.15) is 13.1 Å². The van der Waals surface area contributed by atoms with Gasteiger partial charge in [0.15, 0.2) is 26.2 Å². The van der Waals surface area contributed by atoms with Crippen molar-refractivity contribution in [1.29, 1.82) is 0 Å². The van der Waals surface area contributed by atoms with Gasteiger partial charge in [0.2, 0.25) is 0 Å². The van der Waals surface area contributed by atoms with Crippen LogP contribution in [0, 0.1) is 10.4 Å². The molecule has 0 fully saturated rings. The predicted octanol–water partition coefficient (Wildman–Crippen LogP) is -2.05. The standard InChI is InChI=1S/C10H16N2O10/c13-7(14)3-11(21,4-8(15)16)1-2-12(22,5-9(17)18)6-10(19)20/h1-6H2,(H,13,14)(H,15,16)(H,17,18)(H,19,20). The van der Waals surface area contributed by atoms with Crippen molar-refractivity contribution in [2.24, 2.45) is 0 Å². The van der Waals surface area contributed by atoms with Crippen molar-refractivity contribution in [2.45, 2.75) is 0 Å². The molecule has 12 nitrogen and oxygen atoms in total. The van der Waals surface area contributed by atoms with E-state index in [0.717, 1.165) is 0 Å². The van der Waals surface area contributed by atoms with Gasteiger partial charge in [-0.2, -0.15) is 0 Å². The van der Waals surface area contributed by atoms with Crippen LogP contribution in [0.4, 0.5) is 0 Å². The van der Waals surface area contributed by atoms with E-state index in [-0.39, 0.29) is 0 Å². The Balaban J connectivity index is 5.09. The number of carboxylic acids is 4. The molecule has 0 amide bonds. The summed E-state index contributed by atoms with van der Waals surface area (Å²) in [7, 11) is 0. The maximum Gasteiger partial charge on any atom is 0.359 e. The Bertz CT molecular complexity index is 389. The second-order valence-electron chi connectivity index (χ2n) is 4.77. The highest BCUT2D eigenvalue weighted by atomic mass is 16.6. The molecule has 0 spiro atoms. The molecule has 12 heteroatoms. The summed E-state index contributed by atoms with van der Waals surface area (Å²) in [6, 6.07) is 0. The van der Waals surface area contributed by atoms with E-state index in [9.17, 15) is 29.6 Å². The van der Waals surface area contributed by atoms with E-state index in [0.29, 0.717) is 0 Å². The summed E-state index contributed by atoms with van der Waals surface area (Å²) in [6.07, 6.45) is 0. The molecule has 0 aliphatic rings. The van der Waals surface area contributed by atoms with Crippen LogP contribution in [0.25, 0.3) is 0 Å². The predicted molar refractivity (Wildman–Crippen MR) is 67.0 cm³/mol. The molecule has 0 aliphatic heterocycles. The number of hydroxylamine groups is 6. The van der Waals surface area contributed by atoms with E-state index < -0.39 is 72.4 Å². The molecule has 0 aromatic rings. The first-order chi connectivity index (χ1) is 9.87. The summed E-state index contributed by atoms with van der Waals surface area (Å²) in [5.41, 5.74) is 0. The number of nitrogens with zero attached hydrogens (tertiary/aromatic N) is 2. The normalized spacial score (nSPS) is 11.9. The Morgan fingerprint density at radius 2 is 0.773 bits per heavy atom. The van der Waals surface area contributed by atoms with Gasteiger partial charge in [-0.3, -0.25) is 0 Å². The zero-order valence-electron chi connectivity index (χ0n) is 11.4. The van der Waals surface area contributed by atoms with Crippen LogP contribution in [0.5, 0.6) is 0 Å². The molecule has 0 saturated carbocycles. The van der Waals surface area contributed by atoms with Crippen LogP contribution in [-0.2, 0) is 19.2 Å². The first kappa shape index (κ1) is 19.7. The molecule has 0 heterocycles. The molecule has 0 aliphatic carbocycles. The molecule has 0 aromatic carbocycles. The van der Waals surface area contributed by atoms with Gasteiger partial charge in [-0.1, -0.05) is 0 Å². The summed E-state index contributed by atoms with van der Waals surface area (Å²) in [6.45, 7) is -6.27. The zero-order chi connectivity index (χ0) is 17.6. The zero-order valence-corrected chi connectivity index (χ0v) is 11.4. The van der Waals surface area contributed by atoms with Crippen LogP contribution in [0.15, 0.2) is 0 Å². The lowest BCUT2D eigenvalue weighted by Crippen LogP contribution is -2.58. The topological polar surface area (TPSA) is 195 Å². The van der Waals surface area contributed by atoms with Gasteiger partial charge in [0, 0.05) is 0 Å². The first-order valence-electron chi connectivity index (χ1n) is 5.89. The van der Waals surface area contributed by atoms with E-state index in [1.54, 1.807) is 0 Å². The molecule has 22 heavy (non-hydrogen) atoms. The quantitative estimate of drug-likeness (QED) is 0.242. The average Bonchev–Trinajstić information content (AvgIpc) is 2.21. The Hall–Kier alpha value is -2.28. The highest BCUT2D eigenvalue weighted by molar-refractivity contribution is 5.71. The fourth-order valence-corrected chi connectivity index (χ4v) is 1.78. The lowest BCUT2D eigenvalue weighted by Gasteiger charge is -2.45. The van der Waals surface area contributed by atoms with Gasteiger partial charge >= 0.3 is 23.9 Å². The first-order valence-corrected chi connectivity index (χ1v) is 5.89. The van der Waals surface area contributed by atoms with Gasteiger partial charge in [0.25, 0.3) is 0 Å². The van der Waals surface area contributed by atoms with Crippen LogP contribution in [0.2, 0.25) is 0 Å². The van der Waals surface area contributed by atoms with Crippen LogP contribution in [-0.4, -0.2) is 92.9 Å². The lowest BCUT2D eigenvalue weighted by molar-refractivity contribution is -0.922. The molecule has 4 N–H and O–H groups in total. The summed E-state index contributed by atoms with van der Waals surface area (Å²) < 4.78 is -3.60. The van der Waals surface area contributed by atoms with Crippen LogP contribution < -0.4 is 0 Å². The molecule has 0 radical (unpaired) electrons. The van der Waals surface area contributed by atoms with Gasteiger partial charge < -0.3 is 40.1 Å². The lowest BCUT2D eigenvalue weighted by atomic mass is 10.3. The Kier molecular flexibility index (Phi) is 6.86. The minimum atomic E-state index is -1.80. The van der Waals surface area contributed by atoms with Gasteiger partial charge in [-0.25, -0.2) is 19.2 Å². The number of hydrogen-bond donors (Lipinski definition) is 4. The Morgan fingerprint density at radius 3 is 0.909 bits per heavy atom. The highest BCUT2D eigenvalue weighted by Crippen LogP contribution is 2.10. The second kappa shape index (κ2) is 7.65. The number of aliphatic carboxylic acids is 4. The number of carbonyl (C=O) groups is 4. The van der Waals surface area contributed by atoms with E-state index in [2.05, 4.69) is 0 Å². The SMILES string of the molecule is O=C(O)C[N+]([O-])(CC[N+]([O-])(CC(=O)O)CC(=O)O)CC(=O)O. The summed E-state index contributed by atoms with van der Waals surface area (Å²) >= 11 is 0. The number of quaternary nitrogens is 2. The van der Waals surface area contributed by atoms with Crippen molar-refractivity contribution in [1.82, 2.24) is 0 Å². The fourth-order valence-electron chi connectivity index (χ4n) is 1.78. The molecule has 0 bridgehead atoms. The van der Waals surface area contributed by atoms with Crippen molar-refractivity contribution < 1.29 is 48.9 Å². The number of hydrogen-bond acceptors (Lipinski definition) is 6. The van der Waals surface area contributed by atoms with E-state index in [4.69, 9.17) is 20.4 Å². The Morgan fingerprint density at radius 1 is 0.591 bits per heavy atom. The van der Waals surface area contributed by atoms with Crippen molar-refractivity contribution in [3.8, 4) is 0 Å². The summed E-state index contributed by atoms with van der Waals surface area (Å²) in [4.78, 5) is 42.4. The summed E-state index contributed by atoms with van der Waals surface area (Å²) in [5, 5.41) is 58.6. The maximum absolute atomic E-state index is 12.1. The number of rotatable bonds is 11. The molecular formula is C10H16N2O10. The fraction of sp³-hybridized carbons (Fsp3) is 0.600. The molecule has 0 rings (SSSR count). The third-order valence-electron chi connectivity index (χ3n) is 2.61. The van der Waals surface area contributed by atoms with E-state index in [1.165, 1.54) is 0 Å². The van der Waals surface area contributed by atoms with Crippen molar-refractivity contribution >= 4 is 23.9 Å². The van der Waals surface area contributed by atoms with Gasteiger partial charge in [-0.15, -0.1) is 0 Å². The van der Waals surface area contributed by atoms with Crippen molar-refractivity contribution in [2.75, 3.05) is 39.3 Å². The largest absolute Gasteiger partial charge is 0.632 e. The molecule has 0 atom stereocenters. The molecular weight excluding hydrogens is 308 g/mol. The third-order valence-corrected chi connectivity index (χ3v) is 2.61. The molecule has 126 valence electrons. The molecule has 0 saturated heterocycles. The third kappa shape index (κ3) is 8.11. The van der Waals surface area contributed by atoms with Gasteiger partial charge in [0.05, 0.1) is 0 Å². The van der Waals surface area contributed by atoms with Gasteiger partial charge in [-0.05, 0) is 0 Å². The van der Waals surface area contributed by atoms with Crippen LogP contribution in [0.3, 0.4) is 0 Å².